The first-order valence-electron chi connectivity index (χ1n) is 11.7. The molecule has 0 aliphatic carbocycles. The van der Waals surface area contributed by atoms with Crippen LogP contribution in [0, 0.1) is 0 Å². The Labute approximate surface area is 177 Å². The molecule has 0 saturated carbocycles. The summed E-state index contributed by atoms with van der Waals surface area (Å²) in [5, 5.41) is 17.8. The standard InChI is InChI=1S/C25H42O4/c1-2-16-23(29-21-22-17-12-11-13-18-22)19-14-9-7-5-3-4-6-8-10-15-20-24(26)25(27)28/h11-13,17-18,23-24,26H,2-10,14-16,19-21H2,1H3,(H,27,28). The molecule has 0 heterocycles. The Balaban J connectivity index is 1.93. The summed E-state index contributed by atoms with van der Waals surface area (Å²) in [6.45, 7) is 2.95. The zero-order chi connectivity index (χ0) is 21.2. The van der Waals surface area contributed by atoms with E-state index in [4.69, 9.17) is 9.84 Å². The molecule has 0 aliphatic rings. The van der Waals surface area contributed by atoms with Crippen LogP contribution in [0.2, 0.25) is 0 Å². The van der Waals surface area contributed by atoms with Crippen LogP contribution in [0.5, 0.6) is 0 Å². The average molecular weight is 407 g/mol. The maximum absolute atomic E-state index is 10.5. The lowest BCUT2D eigenvalue weighted by Crippen LogP contribution is -2.18. The maximum Gasteiger partial charge on any atom is 0.332 e. The van der Waals surface area contributed by atoms with Crippen LogP contribution >= 0.6 is 0 Å². The second-order valence-electron chi connectivity index (χ2n) is 8.17. The third-order valence-corrected chi connectivity index (χ3v) is 5.48. The van der Waals surface area contributed by atoms with Gasteiger partial charge in [0.25, 0.3) is 0 Å². The number of unbranched alkanes of at least 4 members (excludes halogenated alkanes) is 9. The molecule has 0 amide bonds. The molecule has 0 fully saturated rings. The molecule has 0 spiro atoms. The summed E-state index contributed by atoms with van der Waals surface area (Å²) >= 11 is 0. The van der Waals surface area contributed by atoms with E-state index in [9.17, 15) is 9.90 Å². The lowest BCUT2D eigenvalue weighted by atomic mass is 10.0. The fraction of sp³-hybridized carbons (Fsp3) is 0.720. The van der Waals surface area contributed by atoms with E-state index in [1.165, 1.54) is 63.4 Å². The molecule has 0 saturated heterocycles. The molecule has 2 N–H and O–H groups in total. The Morgan fingerprint density at radius 1 is 0.828 bits per heavy atom. The Bertz CT molecular complexity index is 503. The van der Waals surface area contributed by atoms with Crippen molar-refractivity contribution < 1.29 is 19.7 Å². The molecule has 4 heteroatoms. The molecule has 29 heavy (non-hydrogen) atoms. The Morgan fingerprint density at radius 2 is 1.34 bits per heavy atom. The minimum atomic E-state index is -1.18. The molecule has 0 aromatic heterocycles. The van der Waals surface area contributed by atoms with E-state index in [2.05, 4.69) is 31.2 Å². The van der Waals surface area contributed by atoms with E-state index in [0.717, 1.165) is 32.3 Å². The maximum atomic E-state index is 10.5. The van der Waals surface area contributed by atoms with Crippen LogP contribution in [0.3, 0.4) is 0 Å². The number of hydrogen-bond donors (Lipinski definition) is 2. The first-order valence-corrected chi connectivity index (χ1v) is 11.7. The molecular weight excluding hydrogens is 364 g/mol. The zero-order valence-electron chi connectivity index (χ0n) is 18.4. The first kappa shape index (κ1) is 25.6. The van der Waals surface area contributed by atoms with Crippen LogP contribution in [0.4, 0.5) is 0 Å². The van der Waals surface area contributed by atoms with Gasteiger partial charge in [-0.15, -0.1) is 0 Å². The molecule has 2 unspecified atom stereocenters. The van der Waals surface area contributed by atoms with Crippen molar-refractivity contribution in [1.82, 2.24) is 0 Å². The van der Waals surface area contributed by atoms with Gasteiger partial charge >= 0.3 is 5.97 Å². The predicted molar refractivity (Wildman–Crippen MR) is 119 cm³/mol. The molecule has 1 aromatic carbocycles. The molecular formula is C25H42O4. The van der Waals surface area contributed by atoms with Gasteiger partial charge in [-0.1, -0.05) is 108 Å². The van der Waals surface area contributed by atoms with Gasteiger partial charge in [-0.3, -0.25) is 0 Å². The fourth-order valence-corrected chi connectivity index (χ4v) is 3.67. The van der Waals surface area contributed by atoms with Gasteiger partial charge < -0.3 is 14.9 Å². The first-order chi connectivity index (χ1) is 14.1. The minimum absolute atomic E-state index is 0.378. The van der Waals surface area contributed by atoms with Gasteiger partial charge in [-0.05, 0) is 24.8 Å². The van der Waals surface area contributed by atoms with Crippen LogP contribution < -0.4 is 0 Å². The van der Waals surface area contributed by atoms with Crippen molar-refractivity contribution in [2.75, 3.05) is 0 Å². The number of carbonyl (C=O) groups is 1. The van der Waals surface area contributed by atoms with E-state index in [1.807, 2.05) is 6.07 Å². The van der Waals surface area contributed by atoms with E-state index < -0.39 is 12.1 Å². The van der Waals surface area contributed by atoms with Crippen LogP contribution in [0.1, 0.15) is 102 Å². The molecule has 1 rings (SSSR count). The van der Waals surface area contributed by atoms with Gasteiger partial charge in [0, 0.05) is 0 Å². The summed E-state index contributed by atoms with van der Waals surface area (Å²) in [6, 6.07) is 10.4. The van der Waals surface area contributed by atoms with Crippen LogP contribution in [0.25, 0.3) is 0 Å². The number of carboxylic acid groups (broad SMARTS) is 1. The predicted octanol–water partition coefficient (Wildman–Crippen LogP) is 6.50. The van der Waals surface area contributed by atoms with Crippen LogP contribution in [-0.4, -0.2) is 28.4 Å². The number of benzene rings is 1. The summed E-state index contributed by atoms with van der Waals surface area (Å²) in [7, 11) is 0. The Kier molecular flexibility index (Phi) is 15.4. The number of ether oxygens (including phenoxy) is 1. The van der Waals surface area contributed by atoms with E-state index in [-0.39, 0.29) is 0 Å². The van der Waals surface area contributed by atoms with E-state index in [1.54, 1.807) is 0 Å². The summed E-state index contributed by atoms with van der Waals surface area (Å²) in [5.41, 5.74) is 1.26. The van der Waals surface area contributed by atoms with Crippen molar-refractivity contribution in [2.24, 2.45) is 0 Å². The number of rotatable bonds is 19. The van der Waals surface area contributed by atoms with Crippen molar-refractivity contribution in [2.45, 2.75) is 116 Å². The van der Waals surface area contributed by atoms with Crippen molar-refractivity contribution in [3.05, 3.63) is 35.9 Å². The van der Waals surface area contributed by atoms with Gasteiger partial charge in [0.1, 0.15) is 0 Å². The highest BCUT2D eigenvalue weighted by Crippen LogP contribution is 2.17. The second kappa shape index (κ2) is 17.5. The Morgan fingerprint density at radius 3 is 1.86 bits per heavy atom. The highest BCUT2D eigenvalue weighted by molar-refractivity contribution is 5.71. The summed E-state index contributed by atoms with van der Waals surface area (Å²) in [6.07, 6.45) is 15.0. The lowest BCUT2D eigenvalue weighted by Gasteiger charge is -2.17. The van der Waals surface area contributed by atoms with Crippen LogP contribution in [0.15, 0.2) is 30.3 Å². The van der Waals surface area contributed by atoms with Crippen molar-refractivity contribution >= 4 is 5.97 Å². The quantitative estimate of drug-likeness (QED) is 0.257. The minimum Gasteiger partial charge on any atom is -0.479 e. The molecule has 2 atom stereocenters. The lowest BCUT2D eigenvalue weighted by molar-refractivity contribution is -0.146. The smallest absolute Gasteiger partial charge is 0.332 e. The number of aliphatic hydroxyl groups is 1. The molecule has 4 nitrogen and oxygen atoms in total. The summed E-state index contributed by atoms with van der Waals surface area (Å²) in [5.74, 6) is -1.10. The van der Waals surface area contributed by atoms with Crippen molar-refractivity contribution in [3.63, 3.8) is 0 Å². The highest BCUT2D eigenvalue weighted by Gasteiger charge is 2.11. The van der Waals surface area contributed by atoms with Crippen molar-refractivity contribution in [3.8, 4) is 0 Å². The molecule has 166 valence electrons. The SMILES string of the molecule is CCCC(CCCCCCCCCCCCC(O)C(=O)O)OCc1ccccc1. The zero-order valence-corrected chi connectivity index (χ0v) is 18.4. The average Bonchev–Trinajstić information content (AvgIpc) is 2.73. The third kappa shape index (κ3) is 14.3. The monoisotopic (exact) mass is 406 g/mol. The fourth-order valence-electron chi connectivity index (χ4n) is 3.67. The number of hydrogen-bond acceptors (Lipinski definition) is 3. The summed E-state index contributed by atoms with van der Waals surface area (Å²) < 4.78 is 6.14. The van der Waals surface area contributed by atoms with Gasteiger partial charge in [0.2, 0.25) is 0 Å². The number of carboxylic acids is 1. The summed E-state index contributed by atoms with van der Waals surface area (Å²) in [4.78, 5) is 10.5. The largest absolute Gasteiger partial charge is 0.479 e. The third-order valence-electron chi connectivity index (χ3n) is 5.48. The van der Waals surface area contributed by atoms with E-state index in [0.29, 0.717) is 12.5 Å². The molecule has 0 aliphatic heterocycles. The molecule has 1 aromatic rings. The highest BCUT2D eigenvalue weighted by atomic mass is 16.5. The van der Waals surface area contributed by atoms with Gasteiger partial charge in [0.15, 0.2) is 6.10 Å². The van der Waals surface area contributed by atoms with E-state index >= 15 is 0 Å². The van der Waals surface area contributed by atoms with Gasteiger partial charge in [-0.2, -0.15) is 0 Å². The molecule has 0 radical (unpaired) electrons. The van der Waals surface area contributed by atoms with Crippen LogP contribution in [-0.2, 0) is 16.1 Å². The number of aliphatic carboxylic acids is 1. The van der Waals surface area contributed by atoms with Gasteiger partial charge in [-0.25, -0.2) is 4.79 Å². The second-order valence-corrected chi connectivity index (χ2v) is 8.17. The van der Waals surface area contributed by atoms with Crippen molar-refractivity contribution in [1.29, 1.82) is 0 Å². The molecule has 0 bridgehead atoms. The normalized spacial score (nSPS) is 13.3. The Hall–Kier alpha value is -1.39. The topological polar surface area (TPSA) is 66.8 Å². The van der Waals surface area contributed by atoms with Gasteiger partial charge in [0.05, 0.1) is 12.7 Å². The number of aliphatic hydroxyl groups excluding tert-OH is 1.